The first-order chi connectivity index (χ1) is 9.47. The highest BCUT2D eigenvalue weighted by molar-refractivity contribution is 5.87. The molecule has 1 aliphatic rings. The minimum absolute atomic E-state index is 0.0382. The van der Waals surface area contributed by atoms with Gasteiger partial charge in [0, 0.05) is 33.6 Å². The molecule has 1 atom stereocenters. The van der Waals surface area contributed by atoms with Crippen molar-refractivity contribution in [2.75, 3.05) is 27.2 Å². The molecule has 0 aromatic rings. The van der Waals surface area contributed by atoms with Crippen LogP contribution < -0.4 is 5.32 Å². The fourth-order valence-corrected chi connectivity index (χ4v) is 2.38. The van der Waals surface area contributed by atoms with E-state index in [1.54, 1.807) is 19.0 Å². The second kappa shape index (κ2) is 7.72. The van der Waals surface area contributed by atoms with Crippen LogP contribution in [0.5, 0.6) is 0 Å². The highest BCUT2D eigenvalue weighted by atomic mass is 16.4. The Hall–Kier alpha value is -1.79. The van der Waals surface area contributed by atoms with Crippen LogP contribution in [0.4, 0.5) is 4.79 Å². The summed E-state index contributed by atoms with van der Waals surface area (Å²) in [5.41, 5.74) is 0. The molecule has 0 bridgehead atoms. The van der Waals surface area contributed by atoms with Gasteiger partial charge in [-0.15, -0.1) is 0 Å². The van der Waals surface area contributed by atoms with E-state index in [0.29, 0.717) is 25.9 Å². The van der Waals surface area contributed by atoms with Gasteiger partial charge in [-0.1, -0.05) is 0 Å². The Morgan fingerprint density at radius 3 is 2.65 bits per heavy atom. The maximum Gasteiger partial charge on any atom is 0.320 e. The number of amides is 3. The predicted molar refractivity (Wildman–Crippen MR) is 73.3 cm³/mol. The molecule has 0 spiro atoms. The second-order valence-corrected chi connectivity index (χ2v) is 5.02. The number of rotatable bonds is 5. The summed E-state index contributed by atoms with van der Waals surface area (Å²) >= 11 is 0. The first kappa shape index (κ1) is 16.3. The molecule has 0 aliphatic carbocycles. The monoisotopic (exact) mass is 285 g/mol. The lowest BCUT2D eigenvalue weighted by molar-refractivity contribution is -0.137. The molecule has 0 aromatic carbocycles. The Labute approximate surface area is 118 Å². The lowest BCUT2D eigenvalue weighted by Gasteiger charge is -2.36. The van der Waals surface area contributed by atoms with Crippen LogP contribution in [-0.2, 0) is 9.59 Å². The SMILES string of the molecule is CNC(=O)C1CCCCN1C(=O)N(C)CCCC(=O)O. The molecule has 0 saturated carbocycles. The van der Waals surface area contributed by atoms with Crippen molar-refractivity contribution in [3.8, 4) is 0 Å². The fraction of sp³-hybridized carbons (Fsp3) is 0.769. The molecule has 1 unspecified atom stereocenters. The van der Waals surface area contributed by atoms with E-state index in [2.05, 4.69) is 5.32 Å². The van der Waals surface area contributed by atoms with Crippen molar-refractivity contribution in [1.29, 1.82) is 0 Å². The number of carbonyl (C=O) groups excluding carboxylic acids is 2. The molecule has 1 rings (SSSR count). The molecular weight excluding hydrogens is 262 g/mol. The number of nitrogens with one attached hydrogen (secondary N) is 1. The van der Waals surface area contributed by atoms with Crippen LogP contribution in [0.3, 0.4) is 0 Å². The van der Waals surface area contributed by atoms with E-state index < -0.39 is 12.0 Å². The molecule has 1 aliphatic heterocycles. The Balaban J connectivity index is 2.57. The summed E-state index contributed by atoms with van der Waals surface area (Å²) in [6.07, 6.45) is 2.95. The van der Waals surface area contributed by atoms with Crippen molar-refractivity contribution in [3.63, 3.8) is 0 Å². The third-order valence-corrected chi connectivity index (χ3v) is 3.51. The van der Waals surface area contributed by atoms with Crippen LogP contribution in [0.2, 0.25) is 0 Å². The normalized spacial score (nSPS) is 18.5. The summed E-state index contributed by atoms with van der Waals surface area (Å²) in [6.45, 7) is 0.947. The summed E-state index contributed by atoms with van der Waals surface area (Å²) in [4.78, 5) is 37.7. The number of nitrogens with zero attached hydrogens (tertiary/aromatic N) is 2. The van der Waals surface area contributed by atoms with Crippen molar-refractivity contribution in [2.24, 2.45) is 0 Å². The summed E-state index contributed by atoms with van der Waals surface area (Å²) in [6, 6.07) is -0.619. The van der Waals surface area contributed by atoms with Gasteiger partial charge in [-0.2, -0.15) is 0 Å². The number of hydrogen-bond acceptors (Lipinski definition) is 3. The number of carbonyl (C=O) groups is 3. The average Bonchev–Trinajstić information content (AvgIpc) is 2.45. The molecule has 20 heavy (non-hydrogen) atoms. The topological polar surface area (TPSA) is 90.0 Å². The molecule has 3 amide bonds. The van der Waals surface area contributed by atoms with Gasteiger partial charge in [0.15, 0.2) is 0 Å². The molecule has 1 saturated heterocycles. The number of aliphatic carboxylic acids is 1. The van der Waals surface area contributed by atoms with E-state index in [1.807, 2.05) is 0 Å². The largest absolute Gasteiger partial charge is 0.481 e. The number of urea groups is 1. The van der Waals surface area contributed by atoms with Crippen molar-refractivity contribution < 1.29 is 19.5 Å². The number of hydrogen-bond donors (Lipinski definition) is 2. The van der Waals surface area contributed by atoms with Gasteiger partial charge in [-0.05, 0) is 25.7 Å². The van der Waals surface area contributed by atoms with Crippen LogP contribution in [0.1, 0.15) is 32.1 Å². The standard InChI is InChI=1S/C13H23N3O4/c1-14-12(19)10-6-3-4-9-16(10)13(20)15(2)8-5-7-11(17)18/h10H,3-9H2,1-2H3,(H,14,19)(H,17,18). The fourth-order valence-electron chi connectivity index (χ4n) is 2.38. The van der Waals surface area contributed by atoms with Gasteiger partial charge in [0.1, 0.15) is 6.04 Å². The highest BCUT2D eigenvalue weighted by Gasteiger charge is 2.32. The lowest BCUT2D eigenvalue weighted by atomic mass is 10.0. The van der Waals surface area contributed by atoms with Gasteiger partial charge < -0.3 is 20.2 Å². The molecule has 2 N–H and O–H groups in total. The maximum absolute atomic E-state index is 12.3. The van der Waals surface area contributed by atoms with E-state index in [4.69, 9.17) is 5.11 Å². The maximum atomic E-state index is 12.3. The third-order valence-electron chi connectivity index (χ3n) is 3.51. The number of carboxylic acid groups (broad SMARTS) is 1. The molecule has 114 valence electrons. The molecule has 1 heterocycles. The van der Waals surface area contributed by atoms with Gasteiger partial charge in [0.25, 0.3) is 0 Å². The van der Waals surface area contributed by atoms with Gasteiger partial charge in [0.05, 0.1) is 0 Å². The summed E-state index contributed by atoms with van der Waals surface area (Å²) in [7, 11) is 3.20. The van der Waals surface area contributed by atoms with E-state index in [1.165, 1.54) is 4.90 Å². The van der Waals surface area contributed by atoms with E-state index in [0.717, 1.165) is 12.8 Å². The van der Waals surface area contributed by atoms with Crippen LogP contribution >= 0.6 is 0 Å². The number of likely N-dealkylation sites (N-methyl/N-ethyl adjacent to an activating group) is 1. The predicted octanol–water partition coefficient (Wildman–Crippen LogP) is 0.503. The van der Waals surface area contributed by atoms with Gasteiger partial charge in [-0.3, -0.25) is 9.59 Å². The third kappa shape index (κ3) is 4.40. The first-order valence-electron chi connectivity index (χ1n) is 6.92. The van der Waals surface area contributed by atoms with Crippen molar-refractivity contribution in [1.82, 2.24) is 15.1 Å². The zero-order valence-corrected chi connectivity index (χ0v) is 12.1. The van der Waals surface area contributed by atoms with Crippen molar-refractivity contribution in [2.45, 2.75) is 38.1 Å². The molecular formula is C13H23N3O4. The van der Waals surface area contributed by atoms with E-state index >= 15 is 0 Å². The minimum atomic E-state index is -0.868. The smallest absolute Gasteiger partial charge is 0.320 e. The summed E-state index contributed by atoms with van der Waals surface area (Å²) in [5.74, 6) is -1.01. The van der Waals surface area contributed by atoms with Gasteiger partial charge in [-0.25, -0.2) is 4.79 Å². The Morgan fingerprint density at radius 2 is 2.05 bits per heavy atom. The van der Waals surface area contributed by atoms with Crippen LogP contribution in [0, 0.1) is 0 Å². The Morgan fingerprint density at radius 1 is 1.35 bits per heavy atom. The highest BCUT2D eigenvalue weighted by Crippen LogP contribution is 2.18. The van der Waals surface area contributed by atoms with Gasteiger partial charge in [0.2, 0.25) is 5.91 Å². The quantitative estimate of drug-likeness (QED) is 0.770. The number of piperidine rings is 1. The molecule has 0 radical (unpaired) electrons. The summed E-state index contributed by atoms with van der Waals surface area (Å²) < 4.78 is 0. The molecule has 7 nitrogen and oxygen atoms in total. The van der Waals surface area contributed by atoms with Crippen LogP contribution in [0.15, 0.2) is 0 Å². The van der Waals surface area contributed by atoms with Crippen LogP contribution in [0.25, 0.3) is 0 Å². The number of carboxylic acids is 1. The van der Waals surface area contributed by atoms with Crippen molar-refractivity contribution in [3.05, 3.63) is 0 Å². The molecule has 7 heteroatoms. The first-order valence-corrected chi connectivity index (χ1v) is 6.92. The Bertz CT molecular complexity index is 373. The lowest BCUT2D eigenvalue weighted by Crippen LogP contribution is -2.54. The minimum Gasteiger partial charge on any atom is -0.481 e. The van der Waals surface area contributed by atoms with E-state index in [-0.39, 0.29) is 18.4 Å². The zero-order chi connectivity index (χ0) is 15.1. The van der Waals surface area contributed by atoms with Crippen LogP contribution in [-0.4, -0.2) is 66.0 Å². The molecule has 0 aromatic heterocycles. The van der Waals surface area contributed by atoms with Gasteiger partial charge >= 0.3 is 12.0 Å². The average molecular weight is 285 g/mol. The molecule has 1 fully saturated rings. The number of likely N-dealkylation sites (tertiary alicyclic amines) is 1. The zero-order valence-electron chi connectivity index (χ0n) is 12.1. The summed E-state index contributed by atoms with van der Waals surface area (Å²) in [5, 5.41) is 11.2. The second-order valence-electron chi connectivity index (χ2n) is 5.02. The van der Waals surface area contributed by atoms with E-state index in [9.17, 15) is 14.4 Å². The van der Waals surface area contributed by atoms with Crippen molar-refractivity contribution >= 4 is 17.9 Å². The Kier molecular flexibility index (Phi) is 6.27.